The van der Waals surface area contributed by atoms with Crippen LogP contribution in [0.5, 0.6) is 0 Å². The molecule has 0 spiro atoms. The number of aromatic nitrogens is 2. The summed E-state index contributed by atoms with van der Waals surface area (Å²) in [5.41, 5.74) is 0.763. The molecule has 1 saturated heterocycles. The van der Waals surface area contributed by atoms with Gasteiger partial charge in [0.25, 0.3) is 5.56 Å². The molecule has 2 rings (SSSR count). The van der Waals surface area contributed by atoms with Crippen molar-refractivity contribution in [3.05, 3.63) is 27.9 Å². The first-order valence-electron chi connectivity index (χ1n) is 6.18. The maximum Gasteiger partial charge on any atom is 0.255 e. The van der Waals surface area contributed by atoms with E-state index in [2.05, 4.69) is 20.2 Å². The van der Waals surface area contributed by atoms with E-state index in [1.54, 1.807) is 6.20 Å². The van der Waals surface area contributed by atoms with E-state index in [1.807, 2.05) is 13.8 Å². The minimum atomic E-state index is 0.00207. The molecule has 1 aromatic heterocycles. The third-order valence-corrected chi connectivity index (χ3v) is 3.04. The second-order valence-corrected chi connectivity index (χ2v) is 4.80. The van der Waals surface area contributed by atoms with Crippen LogP contribution in [0.15, 0.2) is 11.0 Å². The molecule has 0 radical (unpaired) electrons. The number of piperazine rings is 1. The van der Waals surface area contributed by atoms with Gasteiger partial charge in [-0.2, -0.15) is 0 Å². The Hall–Kier alpha value is -1.20. The zero-order valence-corrected chi connectivity index (χ0v) is 10.5. The number of aromatic amines is 1. The van der Waals surface area contributed by atoms with Crippen molar-refractivity contribution in [3.8, 4) is 0 Å². The highest BCUT2D eigenvalue weighted by Crippen LogP contribution is 2.06. The molecule has 0 aliphatic carbocycles. The fourth-order valence-corrected chi connectivity index (χ4v) is 1.95. The van der Waals surface area contributed by atoms with Crippen molar-refractivity contribution < 1.29 is 0 Å². The second-order valence-electron chi connectivity index (χ2n) is 4.80. The highest BCUT2D eigenvalue weighted by Gasteiger charge is 2.12. The largest absolute Gasteiger partial charge is 0.314 e. The van der Waals surface area contributed by atoms with Gasteiger partial charge in [-0.15, -0.1) is 0 Å². The fraction of sp³-hybridized carbons (Fsp3) is 0.667. The summed E-state index contributed by atoms with van der Waals surface area (Å²) in [5.74, 6) is 1.02. The van der Waals surface area contributed by atoms with Crippen LogP contribution in [0.1, 0.15) is 31.2 Å². The van der Waals surface area contributed by atoms with Gasteiger partial charge in [-0.3, -0.25) is 9.69 Å². The van der Waals surface area contributed by atoms with Gasteiger partial charge in [-0.05, 0) is 0 Å². The lowest BCUT2D eigenvalue weighted by atomic mass is 10.2. The first kappa shape index (κ1) is 12.3. The van der Waals surface area contributed by atoms with Crippen molar-refractivity contribution in [1.82, 2.24) is 20.2 Å². The van der Waals surface area contributed by atoms with Crippen LogP contribution in [-0.4, -0.2) is 41.0 Å². The Bertz CT molecular complexity index is 421. The summed E-state index contributed by atoms with van der Waals surface area (Å²) < 4.78 is 0. The van der Waals surface area contributed by atoms with E-state index in [9.17, 15) is 4.79 Å². The van der Waals surface area contributed by atoms with E-state index >= 15 is 0 Å². The second kappa shape index (κ2) is 5.42. The molecule has 0 unspecified atom stereocenters. The molecule has 5 heteroatoms. The van der Waals surface area contributed by atoms with Gasteiger partial charge in [0.05, 0.1) is 0 Å². The van der Waals surface area contributed by atoms with Crippen LogP contribution in [0, 0.1) is 0 Å². The SMILES string of the molecule is CC(C)c1ncc(CN2CCNCC2)c(=O)[nH]1. The third kappa shape index (κ3) is 3.14. The average Bonchev–Trinajstić information content (AvgIpc) is 2.33. The van der Waals surface area contributed by atoms with E-state index in [1.165, 1.54) is 0 Å². The van der Waals surface area contributed by atoms with Crippen LogP contribution in [0.3, 0.4) is 0 Å². The molecule has 17 heavy (non-hydrogen) atoms. The van der Waals surface area contributed by atoms with Gasteiger partial charge in [0.2, 0.25) is 0 Å². The Labute approximate surface area is 101 Å². The van der Waals surface area contributed by atoms with Crippen molar-refractivity contribution in [2.45, 2.75) is 26.3 Å². The Kier molecular flexibility index (Phi) is 3.91. The van der Waals surface area contributed by atoms with Crippen LogP contribution in [-0.2, 0) is 6.54 Å². The number of nitrogens with one attached hydrogen (secondary N) is 2. The lowest BCUT2D eigenvalue weighted by Crippen LogP contribution is -2.43. The predicted octanol–water partition coefficient (Wildman–Crippen LogP) is 0.298. The van der Waals surface area contributed by atoms with Gasteiger partial charge in [-0.25, -0.2) is 4.98 Å². The Morgan fingerprint density at radius 1 is 1.41 bits per heavy atom. The third-order valence-electron chi connectivity index (χ3n) is 3.04. The lowest BCUT2D eigenvalue weighted by molar-refractivity contribution is 0.232. The van der Waals surface area contributed by atoms with E-state index in [-0.39, 0.29) is 11.5 Å². The number of nitrogens with zero attached hydrogens (tertiary/aromatic N) is 2. The Balaban J connectivity index is 2.08. The van der Waals surface area contributed by atoms with Crippen molar-refractivity contribution in [2.75, 3.05) is 26.2 Å². The van der Waals surface area contributed by atoms with Crippen LogP contribution in [0.2, 0.25) is 0 Å². The van der Waals surface area contributed by atoms with Gasteiger partial charge in [0.1, 0.15) is 5.82 Å². The van der Waals surface area contributed by atoms with Crippen LogP contribution >= 0.6 is 0 Å². The molecule has 1 aliphatic rings. The molecule has 94 valence electrons. The molecule has 1 aromatic rings. The molecular weight excluding hydrogens is 216 g/mol. The normalized spacial score (nSPS) is 17.6. The molecule has 1 aliphatic heterocycles. The standard InChI is InChI=1S/C12H20N4O/c1-9(2)11-14-7-10(12(17)15-11)8-16-5-3-13-4-6-16/h7,9,13H,3-6,8H2,1-2H3,(H,14,15,17). The molecule has 0 aromatic carbocycles. The van der Waals surface area contributed by atoms with Gasteiger partial charge in [-0.1, -0.05) is 13.8 Å². The monoisotopic (exact) mass is 236 g/mol. The van der Waals surface area contributed by atoms with Gasteiger partial charge in [0.15, 0.2) is 0 Å². The molecule has 2 heterocycles. The minimum absolute atomic E-state index is 0.00207. The predicted molar refractivity (Wildman–Crippen MR) is 67.1 cm³/mol. The first-order valence-corrected chi connectivity index (χ1v) is 6.18. The number of rotatable bonds is 3. The number of hydrogen-bond acceptors (Lipinski definition) is 4. The maximum atomic E-state index is 11.9. The highest BCUT2D eigenvalue weighted by molar-refractivity contribution is 5.07. The summed E-state index contributed by atoms with van der Waals surface area (Å²) in [7, 11) is 0. The molecule has 5 nitrogen and oxygen atoms in total. The Morgan fingerprint density at radius 2 is 2.12 bits per heavy atom. The molecule has 0 atom stereocenters. The van der Waals surface area contributed by atoms with Crippen LogP contribution in [0.25, 0.3) is 0 Å². The van der Waals surface area contributed by atoms with Gasteiger partial charge < -0.3 is 10.3 Å². The first-order chi connectivity index (χ1) is 8.16. The smallest absolute Gasteiger partial charge is 0.255 e. The molecule has 0 saturated carbocycles. The van der Waals surface area contributed by atoms with Gasteiger partial charge >= 0.3 is 0 Å². The van der Waals surface area contributed by atoms with E-state index in [4.69, 9.17) is 0 Å². The fourth-order valence-electron chi connectivity index (χ4n) is 1.95. The highest BCUT2D eigenvalue weighted by atomic mass is 16.1. The summed E-state index contributed by atoms with van der Waals surface area (Å²) in [6.07, 6.45) is 1.72. The summed E-state index contributed by atoms with van der Waals surface area (Å²) >= 11 is 0. The Morgan fingerprint density at radius 3 is 2.71 bits per heavy atom. The number of hydrogen-bond donors (Lipinski definition) is 2. The van der Waals surface area contributed by atoms with E-state index < -0.39 is 0 Å². The van der Waals surface area contributed by atoms with Crippen molar-refractivity contribution in [1.29, 1.82) is 0 Å². The lowest BCUT2D eigenvalue weighted by Gasteiger charge is -2.26. The van der Waals surface area contributed by atoms with Crippen molar-refractivity contribution in [3.63, 3.8) is 0 Å². The molecular formula is C12H20N4O. The average molecular weight is 236 g/mol. The maximum absolute atomic E-state index is 11.9. The zero-order chi connectivity index (χ0) is 12.3. The van der Waals surface area contributed by atoms with Crippen LogP contribution < -0.4 is 10.9 Å². The van der Waals surface area contributed by atoms with Crippen molar-refractivity contribution >= 4 is 0 Å². The summed E-state index contributed by atoms with van der Waals surface area (Å²) in [6.45, 7) is 8.71. The quantitative estimate of drug-likeness (QED) is 0.792. The minimum Gasteiger partial charge on any atom is -0.314 e. The summed E-state index contributed by atoms with van der Waals surface area (Å²) in [6, 6.07) is 0. The number of H-pyrrole nitrogens is 1. The van der Waals surface area contributed by atoms with Crippen molar-refractivity contribution in [2.24, 2.45) is 0 Å². The summed E-state index contributed by atoms with van der Waals surface area (Å²) in [4.78, 5) is 21.3. The molecule has 0 bridgehead atoms. The molecule has 1 fully saturated rings. The van der Waals surface area contributed by atoms with E-state index in [0.717, 1.165) is 37.6 Å². The van der Waals surface area contributed by atoms with Crippen LogP contribution in [0.4, 0.5) is 0 Å². The molecule has 2 N–H and O–H groups in total. The summed E-state index contributed by atoms with van der Waals surface area (Å²) in [5, 5.41) is 3.30. The zero-order valence-electron chi connectivity index (χ0n) is 10.5. The van der Waals surface area contributed by atoms with E-state index in [0.29, 0.717) is 6.54 Å². The molecule has 0 amide bonds. The van der Waals surface area contributed by atoms with Gasteiger partial charge in [0, 0.05) is 50.4 Å². The topological polar surface area (TPSA) is 61.0 Å².